The number of aromatic nitrogens is 3. The van der Waals surface area contributed by atoms with Crippen LogP contribution in [0.3, 0.4) is 0 Å². The van der Waals surface area contributed by atoms with Crippen LogP contribution in [0.15, 0.2) is 24.3 Å². The van der Waals surface area contributed by atoms with Crippen LogP contribution in [0.5, 0.6) is 5.75 Å². The van der Waals surface area contributed by atoms with Gasteiger partial charge < -0.3 is 15.4 Å². The van der Waals surface area contributed by atoms with E-state index in [1.807, 2.05) is 11.6 Å². The highest BCUT2D eigenvalue weighted by Crippen LogP contribution is 2.20. The van der Waals surface area contributed by atoms with Gasteiger partial charge in [-0.15, -0.1) is 17.5 Å². The molecule has 0 bridgehead atoms. The Bertz CT molecular complexity index is 732. The summed E-state index contributed by atoms with van der Waals surface area (Å²) in [4.78, 5) is 12.3. The minimum absolute atomic E-state index is 0. The Morgan fingerprint density at radius 2 is 2.04 bits per heavy atom. The first-order chi connectivity index (χ1) is 12.6. The number of benzene rings is 1. The molecule has 3 rings (SSSR count). The lowest BCUT2D eigenvalue weighted by atomic mass is 10.1. The van der Waals surface area contributed by atoms with Gasteiger partial charge in [0.1, 0.15) is 11.6 Å². The SMILES string of the molecule is Cc1c(C(=O)NCCCOc2ccc(F)cc2)nnn1C1CCNCC1.Cl. The summed E-state index contributed by atoms with van der Waals surface area (Å²) in [6.07, 6.45) is 2.63. The molecule has 1 amide bonds. The summed E-state index contributed by atoms with van der Waals surface area (Å²) in [5.74, 6) is 0.0977. The van der Waals surface area contributed by atoms with E-state index in [2.05, 4.69) is 20.9 Å². The highest BCUT2D eigenvalue weighted by Gasteiger charge is 2.22. The molecule has 1 aromatic heterocycles. The third kappa shape index (κ3) is 5.64. The zero-order valence-electron chi connectivity index (χ0n) is 15.3. The maximum Gasteiger partial charge on any atom is 0.273 e. The van der Waals surface area contributed by atoms with Gasteiger partial charge >= 0.3 is 0 Å². The van der Waals surface area contributed by atoms with Gasteiger partial charge in [0, 0.05) is 6.54 Å². The minimum Gasteiger partial charge on any atom is -0.494 e. The number of ether oxygens (including phenoxy) is 1. The molecule has 1 saturated heterocycles. The number of nitrogens with zero attached hydrogens (tertiary/aromatic N) is 3. The van der Waals surface area contributed by atoms with Crippen LogP contribution in [0.4, 0.5) is 4.39 Å². The summed E-state index contributed by atoms with van der Waals surface area (Å²) >= 11 is 0. The van der Waals surface area contributed by atoms with E-state index in [9.17, 15) is 9.18 Å². The number of rotatable bonds is 7. The van der Waals surface area contributed by atoms with Crippen LogP contribution in [0, 0.1) is 12.7 Å². The van der Waals surface area contributed by atoms with Gasteiger partial charge in [-0.3, -0.25) is 4.79 Å². The third-order valence-corrected chi connectivity index (χ3v) is 4.49. The van der Waals surface area contributed by atoms with Crippen molar-refractivity contribution in [3.63, 3.8) is 0 Å². The highest BCUT2D eigenvalue weighted by atomic mass is 35.5. The average Bonchev–Trinajstić information content (AvgIpc) is 3.05. The number of amides is 1. The van der Waals surface area contributed by atoms with Gasteiger partial charge in [0.15, 0.2) is 5.69 Å². The molecule has 0 saturated carbocycles. The highest BCUT2D eigenvalue weighted by molar-refractivity contribution is 5.93. The van der Waals surface area contributed by atoms with Crippen LogP contribution >= 0.6 is 12.4 Å². The molecule has 1 aromatic carbocycles. The second-order valence-corrected chi connectivity index (χ2v) is 6.36. The van der Waals surface area contributed by atoms with Crippen LogP contribution in [-0.2, 0) is 0 Å². The standard InChI is InChI=1S/C18H24FN5O2.ClH/c1-13-17(22-23-24(13)15-7-10-20-11-8-15)18(25)21-9-2-12-26-16-5-3-14(19)4-6-16;/h3-6,15,20H,2,7-12H2,1H3,(H,21,25);1H. The minimum atomic E-state index is -0.294. The summed E-state index contributed by atoms with van der Waals surface area (Å²) in [6.45, 7) is 4.71. The van der Waals surface area contributed by atoms with Crippen molar-refractivity contribution >= 4 is 18.3 Å². The second-order valence-electron chi connectivity index (χ2n) is 6.36. The third-order valence-electron chi connectivity index (χ3n) is 4.49. The van der Waals surface area contributed by atoms with E-state index in [0.29, 0.717) is 37.1 Å². The molecule has 7 nitrogen and oxygen atoms in total. The number of hydrogen-bond donors (Lipinski definition) is 2. The Kier molecular flexibility index (Phi) is 7.99. The number of halogens is 2. The maximum absolute atomic E-state index is 12.8. The molecule has 2 N–H and O–H groups in total. The Labute approximate surface area is 164 Å². The van der Waals surface area contributed by atoms with E-state index in [1.54, 1.807) is 12.1 Å². The monoisotopic (exact) mass is 397 g/mol. The Morgan fingerprint density at radius 3 is 2.74 bits per heavy atom. The zero-order valence-corrected chi connectivity index (χ0v) is 16.1. The molecule has 1 aliphatic heterocycles. The molecule has 0 aliphatic carbocycles. The predicted octanol–water partition coefficient (Wildman–Crippen LogP) is 2.27. The predicted molar refractivity (Wildman–Crippen MR) is 102 cm³/mol. The molecular weight excluding hydrogens is 373 g/mol. The van der Waals surface area contributed by atoms with Crippen molar-refractivity contribution in [3.05, 3.63) is 41.5 Å². The smallest absolute Gasteiger partial charge is 0.273 e. The van der Waals surface area contributed by atoms with Crippen molar-refractivity contribution < 1.29 is 13.9 Å². The van der Waals surface area contributed by atoms with Crippen LogP contribution in [-0.4, -0.2) is 47.1 Å². The molecule has 0 spiro atoms. The first-order valence-electron chi connectivity index (χ1n) is 8.94. The molecule has 148 valence electrons. The second kappa shape index (κ2) is 10.2. The summed E-state index contributed by atoms with van der Waals surface area (Å²) in [5.41, 5.74) is 1.18. The number of carbonyl (C=O) groups excluding carboxylic acids is 1. The van der Waals surface area contributed by atoms with Crippen molar-refractivity contribution in [1.29, 1.82) is 0 Å². The first-order valence-corrected chi connectivity index (χ1v) is 8.94. The van der Waals surface area contributed by atoms with Crippen LogP contribution < -0.4 is 15.4 Å². The molecule has 0 atom stereocenters. The van der Waals surface area contributed by atoms with E-state index < -0.39 is 0 Å². The lowest BCUT2D eigenvalue weighted by Gasteiger charge is -2.23. The van der Waals surface area contributed by atoms with Crippen molar-refractivity contribution in [1.82, 2.24) is 25.6 Å². The number of hydrogen-bond acceptors (Lipinski definition) is 5. The Morgan fingerprint density at radius 1 is 1.33 bits per heavy atom. The summed E-state index contributed by atoms with van der Waals surface area (Å²) < 4.78 is 20.2. The molecule has 9 heteroatoms. The quantitative estimate of drug-likeness (QED) is 0.700. The Balaban J connectivity index is 0.00000261. The van der Waals surface area contributed by atoms with Gasteiger partial charge in [-0.05, 0) is 63.5 Å². The lowest BCUT2D eigenvalue weighted by molar-refractivity contribution is 0.0945. The van der Waals surface area contributed by atoms with Crippen molar-refractivity contribution in [2.75, 3.05) is 26.2 Å². The molecule has 1 fully saturated rings. The van der Waals surface area contributed by atoms with Crippen LogP contribution in [0.2, 0.25) is 0 Å². The molecular formula is C18H25ClFN5O2. The summed E-state index contributed by atoms with van der Waals surface area (Å²) in [5, 5.41) is 14.4. The fraction of sp³-hybridized carbons (Fsp3) is 0.500. The molecule has 27 heavy (non-hydrogen) atoms. The fourth-order valence-electron chi connectivity index (χ4n) is 3.03. The van der Waals surface area contributed by atoms with Crippen LogP contribution in [0.1, 0.15) is 41.5 Å². The number of piperidine rings is 1. The van der Waals surface area contributed by atoms with E-state index in [0.717, 1.165) is 31.6 Å². The lowest BCUT2D eigenvalue weighted by Crippen LogP contribution is -2.30. The normalized spacial score (nSPS) is 14.4. The van der Waals surface area contributed by atoms with Crippen molar-refractivity contribution in [2.24, 2.45) is 0 Å². The number of nitrogens with one attached hydrogen (secondary N) is 2. The first kappa shape index (κ1) is 21.1. The maximum atomic E-state index is 12.8. The molecule has 1 aliphatic rings. The van der Waals surface area contributed by atoms with Crippen molar-refractivity contribution in [3.8, 4) is 5.75 Å². The van der Waals surface area contributed by atoms with Gasteiger partial charge in [-0.1, -0.05) is 5.21 Å². The van der Waals surface area contributed by atoms with Gasteiger partial charge in [0.05, 0.1) is 18.3 Å². The Hall–Kier alpha value is -2.19. The van der Waals surface area contributed by atoms with Gasteiger partial charge in [-0.2, -0.15) is 0 Å². The summed E-state index contributed by atoms with van der Waals surface area (Å²) in [6, 6.07) is 6.17. The zero-order chi connectivity index (χ0) is 18.4. The van der Waals surface area contributed by atoms with E-state index in [1.165, 1.54) is 12.1 Å². The largest absolute Gasteiger partial charge is 0.494 e. The van der Waals surface area contributed by atoms with E-state index in [-0.39, 0.29) is 24.1 Å². The fourth-order valence-corrected chi connectivity index (χ4v) is 3.03. The molecule has 0 unspecified atom stereocenters. The molecule has 2 aromatic rings. The van der Waals surface area contributed by atoms with E-state index >= 15 is 0 Å². The topological polar surface area (TPSA) is 81.1 Å². The molecule has 0 radical (unpaired) electrons. The van der Waals surface area contributed by atoms with Gasteiger partial charge in [-0.25, -0.2) is 9.07 Å². The van der Waals surface area contributed by atoms with Gasteiger partial charge in [0.2, 0.25) is 0 Å². The van der Waals surface area contributed by atoms with Gasteiger partial charge in [0.25, 0.3) is 5.91 Å². The average molecular weight is 398 g/mol. The van der Waals surface area contributed by atoms with E-state index in [4.69, 9.17) is 4.74 Å². The summed E-state index contributed by atoms with van der Waals surface area (Å²) in [7, 11) is 0. The molecule has 2 heterocycles. The van der Waals surface area contributed by atoms with Crippen molar-refractivity contribution in [2.45, 2.75) is 32.2 Å². The number of carbonyl (C=O) groups is 1. The van der Waals surface area contributed by atoms with Crippen LogP contribution in [0.25, 0.3) is 0 Å².